The molecule has 3 heteroatoms. The molecule has 1 N–H and O–H groups in total. The molecule has 0 saturated heterocycles. The van der Waals surface area contributed by atoms with Gasteiger partial charge in [0.25, 0.3) is 0 Å². The van der Waals surface area contributed by atoms with Crippen molar-refractivity contribution in [3.63, 3.8) is 0 Å². The van der Waals surface area contributed by atoms with Crippen molar-refractivity contribution in [1.29, 1.82) is 0 Å². The van der Waals surface area contributed by atoms with Crippen LogP contribution in [0.4, 0.5) is 5.69 Å². The lowest BCUT2D eigenvalue weighted by Gasteiger charge is -2.49. The molecule has 0 aromatic heterocycles. The van der Waals surface area contributed by atoms with E-state index < -0.39 is 5.60 Å². The van der Waals surface area contributed by atoms with Gasteiger partial charge in [-0.15, -0.1) is 5.92 Å². The van der Waals surface area contributed by atoms with Crippen LogP contribution in [0.1, 0.15) is 57.9 Å². The Kier molecular flexibility index (Phi) is 4.98. The standard InChI is InChI=1S/C29H33NO2/c1-5-15-29(32)16-14-26-24-12-8-20-17-22(31)11-13-23(20)27(24)25(18-28(26,29)2)19-6-9-21(10-7-19)30(3)4/h6-7,9-10,17-18,24,26,32H,8,11-14,16H2,1-4H3/t24-,26-,28-,29-/m0/s1. The van der Waals surface area contributed by atoms with Gasteiger partial charge in [0.05, 0.1) is 0 Å². The third-order valence-corrected chi connectivity index (χ3v) is 8.49. The van der Waals surface area contributed by atoms with Crippen molar-refractivity contribution in [2.75, 3.05) is 19.0 Å². The van der Waals surface area contributed by atoms with Gasteiger partial charge in [-0.25, -0.2) is 0 Å². The summed E-state index contributed by atoms with van der Waals surface area (Å²) in [6.45, 7) is 4.05. The van der Waals surface area contributed by atoms with E-state index in [-0.39, 0.29) is 11.2 Å². The van der Waals surface area contributed by atoms with Gasteiger partial charge in [0, 0.05) is 31.6 Å². The molecule has 4 aliphatic rings. The summed E-state index contributed by atoms with van der Waals surface area (Å²) in [6, 6.07) is 8.75. The lowest BCUT2D eigenvalue weighted by molar-refractivity contribution is -0.114. The molecule has 0 amide bonds. The maximum atomic E-state index is 12.2. The summed E-state index contributed by atoms with van der Waals surface area (Å²) < 4.78 is 0. The highest BCUT2D eigenvalue weighted by Crippen LogP contribution is 2.63. The number of aliphatic hydroxyl groups is 1. The summed E-state index contributed by atoms with van der Waals surface area (Å²) >= 11 is 0. The number of anilines is 1. The Hall–Kier alpha value is -2.57. The van der Waals surface area contributed by atoms with E-state index in [1.54, 1.807) is 0 Å². The largest absolute Gasteiger partial charge is 0.378 e. The second-order valence-electron chi connectivity index (χ2n) is 10.3. The van der Waals surface area contributed by atoms with Crippen LogP contribution in [0.15, 0.2) is 53.1 Å². The molecule has 5 rings (SSSR count). The van der Waals surface area contributed by atoms with Gasteiger partial charge in [-0.2, -0.15) is 0 Å². The van der Waals surface area contributed by atoms with Crippen LogP contribution in [-0.4, -0.2) is 30.6 Å². The predicted octanol–water partition coefficient (Wildman–Crippen LogP) is 5.32. The van der Waals surface area contributed by atoms with Gasteiger partial charge in [-0.05, 0) is 96.9 Å². The van der Waals surface area contributed by atoms with E-state index >= 15 is 0 Å². The molecule has 4 aliphatic carbocycles. The molecule has 166 valence electrons. The second kappa shape index (κ2) is 7.49. The van der Waals surface area contributed by atoms with Crippen LogP contribution >= 0.6 is 0 Å². The van der Waals surface area contributed by atoms with Gasteiger partial charge in [0.1, 0.15) is 5.60 Å². The number of carbonyl (C=O) groups is 1. The molecular weight excluding hydrogens is 394 g/mol. The topological polar surface area (TPSA) is 40.5 Å². The predicted molar refractivity (Wildman–Crippen MR) is 130 cm³/mol. The van der Waals surface area contributed by atoms with Crippen LogP contribution < -0.4 is 4.90 Å². The zero-order valence-electron chi connectivity index (χ0n) is 19.7. The summed E-state index contributed by atoms with van der Waals surface area (Å²) in [5.74, 6) is 7.25. The van der Waals surface area contributed by atoms with E-state index in [9.17, 15) is 9.90 Å². The van der Waals surface area contributed by atoms with Crippen molar-refractivity contribution >= 4 is 17.0 Å². The molecule has 3 nitrogen and oxygen atoms in total. The average Bonchev–Trinajstić information content (AvgIpc) is 3.03. The molecule has 32 heavy (non-hydrogen) atoms. The number of rotatable bonds is 2. The molecule has 0 bridgehead atoms. The van der Waals surface area contributed by atoms with E-state index in [4.69, 9.17) is 0 Å². The van der Waals surface area contributed by atoms with Crippen LogP contribution in [0, 0.1) is 29.1 Å². The van der Waals surface area contributed by atoms with E-state index in [1.807, 2.05) is 13.0 Å². The SMILES string of the molecule is CC#C[C@]1(O)CC[C@H]2[C@@H]3CCC4=CC(=O)CCC4=C3C(c3ccc(N(C)C)cc3)=C[C@@]21C. The van der Waals surface area contributed by atoms with Gasteiger partial charge < -0.3 is 10.0 Å². The Morgan fingerprint density at radius 2 is 1.84 bits per heavy atom. The minimum Gasteiger partial charge on any atom is -0.378 e. The monoisotopic (exact) mass is 427 g/mol. The minimum atomic E-state index is -0.990. The number of carbonyl (C=O) groups excluding carboxylic acids is 1. The fourth-order valence-electron chi connectivity index (χ4n) is 6.78. The van der Waals surface area contributed by atoms with E-state index in [0.29, 0.717) is 18.3 Å². The molecular formula is C29H33NO2. The van der Waals surface area contributed by atoms with Crippen LogP contribution in [0.3, 0.4) is 0 Å². The van der Waals surface area contributed by atoms with Crippen molar-refractivity contribution in [3.05, 3.63) is 58.7 Å². The Balaban J connectivity index is 1.74. The smallest absolute Gasteiger partial charge is 0.156 e. The summed E-state index contributed by atoms with van der Waals surface area (Å²) in [4.78, 5) is 14.3. The molecule has 0 radical (unpaired) electrons. The number of hydrogen-bond acceptors (Lipinski definition) is 3. The molecule has 1 aromatic carbocycles. The molecule has 0 heterocycles. The Labute approximate surface area is 191 Å². The maximum absolute atomic E-state index is 12.2. The Morgan fingerprint density at radius 1 is 1.09 bits per heavy atom. The lowest BCUT2D eigenvalue weighted by atomic mass is 9.55. The highest BCUT2D eigenvalue weighted by Gasteiger charge is 2.60. The highest BCUT2D eigenvalue weighted by molar-refractivity contribution is 5.94. The highest BCUT2D eigenvalue weighted by atomic mass is 16.3. The van der Waals surface area contributed by atoms with Crippen molar-refractivity contribution in [3.8, 4) is 11.8 Å². The van der Waals surface area contributed by atoms with E-state index in [1.165, 1.54) is 33.5 Å². The first-order valence-corrected chi connectivity index (χ1v) is 11.9. The fourth-order valence-corrected chi connectivity index (χ4v) is 6.78. The third kappa shape index (κ3) is 3.04. The van der Waals surface area contributed by atoms with Crippen molar-refractivity contribution < 1.29 is 9.90 Å². The quantitative estimate of drug-likeness (QED) is 0.650. The first-order chi connectivity index (χ1) is 15.3. The number of ketones is 1. The summed E-state index contributed by atoms with van der Waals surface area (Å²) in [5, 5.41) is 11.7. The lowest BCUT2D eigenvalue weighted by Crippen LogP contribution is -2.47. The molecule has 1 fully saturated rings. The summed E-state index contributed by atoms with van der Waals surface area (Å²) in [6.07, 6.45) is 9.41. The van der Waals surface area contributed by atoms with Gasteiger partial charge in [-0.1, -0.05) is 31.1 Å². The van der Waals surface area contributed by atoms with Crippen LogP contribution in [-0.2, 0) is 4.79 Å². The average molecular weight is 428 g/mol. The van der Waals surface area contributed by atoms with Crippen LogP contribution in [0.25, 0.3) is 5.57 Å². The number of fused-ring (bicyclic) bond motifs is 4. The third-order valence-electron chi connectivity index (χ3n) is 8.49. The Morgan fingerprint density at radius 3 is 2.53 bits per heavy atom. The fraction of sp³-hybridized carbons (Fsp3) is 0.483. The zero-order chi connectivity index (χ0) is 22.7. The molecule has 0 spiro atoms. The molecule has 1 saturated carbocycles. The van der Waals surface area contributed by atoms with Crippen molar-refractivity contribution in [2.24, 2.45) is 17.3 Å². The van der Waals surface area contributed by atoms with Crippen molar-refractivity contribution in [2.45, 2.75) is 58.0 Å². The first-order valence-electron chi connectivity index (χ1n) is 11.9. The van der Waals surface area contributed by atoms with Crippen LogP contribution in [0.2, 0.25) is 0 Å². The van der Waals surface area contributed by atoms with Gasteiger partial charge in [0.2, 0.25) is 0 Å². The van der Waals surface area contributed by atoms with Gasteiger partial charge >= 0.3 is 0 Å². The van der Waals surface area contributed by atoms with E-state index in [2.05, 4.69) is 68.1 Å². The number of nitrogens with zero attached hydrogens (tertiary/aromatic N) is 1. The van der Waals surface area contributed by atoms with E-state index in [0.717, 1.165) is 32.1 Å². The van der Waals surface area contributed by atoms with Crippen molar-refractivity contribution in [1.82, 2.24) is 0 Å². The zero-order valence-corrected chi connectivity index (χ0v) is 19.7. The summed E-state index contributed by atoms with van der Waals surface area (Å²) in [7, 11) is 4.11. The Bertz CT molecular complexity index is 1120. The molecule has 1 aromatic rings. The molecule has 0 aliphatic heterocycles. The molecule has 0 unspecified atom stereocenters. The molecule has 4 atom stereocenters. The number of hydrogen-bond donors (Lipinski definition) is 1. The first kappa shape index (κ1) is 21.3. The van der Waals surface area contributed by atoms with Gasteiger partial charge in [0.15, 0.2) is 5.78 Å². The van der Waals surface area contributed by atoms with Gasteiger partial charge in [-0.3, -0.25) is 4.79 Å². The van der Waals surface area contributed by atoms with Crippen LogP contribution in [0.5, 0.6) is 0 Å². The number of benzene rings is 1. The normalized spacial score (nSPS) is 33.3. The maximum Gasteiger partial charge on any atom is 0.156 e. The minimum absolute atomic E-state index is 0.262. The number of allylic oxidation sites excluding steroid dienone is 5. The summed E-state index contributed by atoms with van der Waals surface area (Å²) in [5.41, 5.74) is 6.31. The second-order valence-corrected chi connectivity index (χ2v) is 10.3.